The summed E-state index contributed by atoms with van der Waals surface area (Å²) in [7, 11) is 0. The van der Waals surface area contributed by atoms with Crippen LogP contribution in [0.1, 0.15) is 72.2 Å². The minimum absolute atomic E-state index is 0.152. The Morgan fingerprint density at radius 1 is 0.304 bits per heavy atom. The van der Waals surface area contributed by atoms with Gasteiger partial charge in [-0.2, -0.15) is 0 Å². The quantitative estimate of drug-likeness (QED) is 0.170. The molecule has 0 N–H and O–H groups in total. The lowest BCUT2D eigenvalue weighted by molar-refractivity contribution is 0.632. The van der Waals surface area contributed by atoms with Crippen molar-refractivity contribution in [1.29, 1.82) is 0 Å². The van der Waals surface area contributed by atoms with Crippen LogP contribution in [-0.2, 0) is 16.2 Å². The molecule has 328 valence electrons. The van der Waals surface area contributed by atoms with Crippen LogP contribution in [0.4, 0.5) is 34.1 Å². The Bertz CT molecular complexity index is 3700. The van der Waals surface area contributed by atoms with E-state index >= 15 is 0 Å². The summed E-state index contributed by atoms with van der Waals surface area (Å²) >= 11 is 0. The molecule has 1 aliphatic heterocycles. The van der Waals surface area contributed by atoms with Crippen molar-refractivity contribution < 1.29 is 0 Å². The number of nitrogens with zero attached hydrogens (tertiary/aromatic N) is 2. The third-order valence-corrected chi connectivity index (χ3v) is 16.3. The van der Waals surface area contributed by atoms with Gasteiger partial charge >= 0.3 is 0 Å². The first-order valence-electron chi connectivity index (χ1n) is 24.4. The van der Waals surface area contributed by atoms with Crippen LogP contribution < -0.4 is 9.80 Å². The second-order valence-corrected chi connectivity index (χ2v) is 20.4. The van der Waals surface area contributed by atoms with E-state index in [0.29, 0.717) is 0 Å². The summed E-state index contributed by atoms with van der Waals surface area (Å²) in [5.41, 5.74) is 27.0. The number of hydrogen-bond acceptors (Lipinski definition) is 2. The van der Waals surface area contributed by atoms with Crippen LogP contribution in [0.3, 0.4) is 0 Å². The summed E-state index contributed by atoms with van der Waals surface area (Å²) < 4.78 is 0. The van der Waals surface area contributed by atoms with Crippen LogP contribution in [0.15, 0.2) is 231 Å². The van der Waals surface area contributed by atoms with Gasteiger partial charge in [0.15, 0.2) is 0 Å². The fraction of sp³-hybridized carbons (Fsp3) is 0.104. The highest BCUT2D eigenvalue weighted by molar-refractivity contribution is 5.99. The van der Waals surface area contributed by atoms with Gasteiger partial charge < -0.3 is 9.80 Å². The molecule has 0 amide bonds. The molecule has 4 aliphatic rings. The van der Waals surface area contributed by atoms with E-state index in [0.717, 1.165) is 17.1 Å². The summed E-state index contributed by atoms with van der Waals surface area (Å²) in [5, 5.41) is 0. The minimum atomic E-state index is -0.579. The molecule has 2 nitrogen and oxygen atoms in total. The molecule has 0 bridgehead atoms. The van der Waals surface area contributed by atoms with Crippen molar-refractivity contribution in [2.24, 2.45) is 0 Å². The van der Waals surface area contributed by atoms with Crippen molar-refractivity contribution in [1.82, 2.24) is 0 Å². The van der Waals surface area contributed by atoms with Crippen LogP contribution in [0.2, 0.25) is 0 Å². The predicted octanol–water partition coefficient (Wildman–Crippen LogP) is 17.6. The van der Waals surface area contributed by atoms with E-state index < -0.39 is 5.41 Å². The Labute approximate surface area is 405 Å². The smallest absolute Gasteiger partial charge is 0.0727 e. The number of rotatable bonds is 5. The van der Waals surface area contributed by atoms with E-state index in [1.54, 1.807) is 0 Å². The molecule has 10 aromatic rings. The second-order valence-electron chi connectivity index (χ2n) is 20.4. The number of para-hydroxylation sites is 3. The summed E-state index contributed by atoms with van der Waals surface area (Å²) in [4.78, 5) is 5.04. The molecule has 0 aromatic heterocycles. The Balaban J connectivity index is 1.03. The first-order valence-corrected chi connectivity index (χ1v) is 24.4. The van der Waals surface area contributed by atoms with E-state index in [2.05, 4.69) is 268 Å². The molecule has 0 radical (unpaired) electrons. The maximum absolute atomic E-state index is 2.54. The Kier molecular flexibility index (Phi) is 8.33. The van der Waals surface area contributed by atoms with Crippen LogP contribution in [-0.4, -0.2) is 0 Å². The first kappa shape index (κ1) is 39.9. The first-order chi connectivity index (χ1) is 33.8. The van der Waals surface area contributed by atoms with Gasteiger partial charge in [-0.3, -0.25) is 0 Å². The topological polar surface area (TPSA) is 6.48 Å². The Morgan fingerprint density at radius 2 is 0.710 bits per heavy atom. The molecule has 2 heteroatoms. The average Bonchev–Trinajstić information content (AvgIpc) is 3.95. The fourth-order valence-corrected chi connectivity index (χ4v) is 13.1. The number of fused-ring (bicyclic) bond motifs is 15. The lowest BCUT2D eigenvalue weighted by atomic mass is 9.70. The Hall–Kier alpha value is -8.20. The molecular weight excluding hydrogens is 833 g/mol. The molecule has 1 unspecified atom stereocenters. The lowest BCUT2D eigenvalue weighted by Gasteiger charge is -2.42. The zero-order chi connectivity index (χ0) is 46.2. The lowest BCUT2D eigenvalue weighted by Crippen LogP contribution is -2.31. The van der Waals surface area contributed by atoms with Gasteiger partial charge in [0, 0.05) is 33.5 Å². The second kappa shape index (κ2) is 14.4. The van der Waals surface area contributed by atoms with Gasteiger partial charge in [-0.15, -0.1) is 0 Å². The van der Waals surface area contributed by atoms with Gasteiger partial charge in [0.25, 0.3) is 0 Å². The van der Waals surface area contributed by atoms with Crippen molar-refractivity contribution in [3.63, 3.8) is 0 Å². The zero-order valence-electron chi connectivity index (χ0n) is 39.3. The normalized spacial score (nSPS) is 16.7. The number of hydrogen-bond donors (Lipinski definition) is 0. The SMILES string of the molecule is CC1(C)c2ccccc2-c2ccc(N(c3ccc4c(c3)C3(c5ccccc5-4)c4ccccc4-c4ccc(N5c6ccccc6C(C)(C)c6ccccc65)cc43)c3ccccc3-c3ccccc3)cc21. The molecule has 1 heterocycles. The summed E-state index contributed by atoms with van der Waals surface area (Å²) in [6.07, 6.45) is 0. The van der Waals surface area contributed by atoms with E-state index in [9.17, 15) is 0 Å². The molecule has 14 rings (SSSR count). The van der Waals surface area contributed by atoms with Gasteiger partial charge in [-0.05, 0) is 138 Å². The van der Waals surface area contributed by atoms with E-state index in [1.807, 2.05) is 0 Å². The zero-order valence-corrected chi connectivity index (χ0v) is 39.3. The van der Waals surface area contributed by atoms with Gasteiger partial charge in [-0.1, -0.05) is 204 Å². The Morgan fingerprint density at radius 3 is 1.32 bits per heavy atom. The molecule has 0 fully saturated rings. The number of benzene rings is 10. The van der Waals surface area contributed by atoms with Gasteiger partial charge in [0.2, 0.25) is 0 Å². The molecule has 1 spiro atoms. The molecule has 1 atom stereocenters. The van der Waals surface area contributed by atoms with E-state index in [4.69, 9.17) is 0 Å². The standard InChI is InChI=1S/C67H50N2/c1-65(2)54-26-12-8-23-48(54)51-37-34-44(40-59(51)65)68(62-31-17-11-22-47(62)43-20-6-5-7-21-43)45-35-38-52-49-24-9-13-27-55(49)67(60(52)41-45)56-28-14-10-25-50(56)53-39-36-46(42-61(53)67)69-63-32-18-15-29-57(63)66(3,4)58-30-16-19-33-64(58)69/h5-42H,1-4H3. The maximum atomic E-state index is 2.54. The molecule has 0 saturated carbocycles. The van der Waals surface area contributed by atoms with Crippen molar-refractivity contribution >= 4 is 34.1 Å². The summed E-state index contributed by atoms with van der Waals surface area (Å²) in [6, 6.07) is 86.9. The minimum Gasteiger partial charge on any atom is -0.310 e. The predicted molar refractivity (Wildman–Crippen MR) is 287 cm³/mol. The highest BCUT2D eigenvalue weighted by Gasteiger charge is 2.52. The summed E-state index contributed by atoms with van der Waals surface area (Å²) in [6.45, 7) is 9.49. The largest absolute Gasteiger partial charge is 0.310 e. The third kappa shape index (κ3) is 5.37. The highest BCUT2D eigenvalue weighted by Crippen LogP contribution is 2.65. The molecule has 0 saturated heterocycles. The third-order valence-electron chi connectivity index (χ3n) is 16.3. The van der Waals surface area contributed by atoms with Crippen LogP contribution in [0.25, 0.3) is 44.5 Å². The van der Waals surface area contributed by atoms with Gasteiger partial charge in [-0.25, -0.2) is 0 Å². The fourth-order valence-electron chi connectivity index (χ4n) is 13.1. The summed E-state index contributed by atoms with van der Waals surface area (Å²) in [5.74, 6) is 0. The van der Waals surface area contributed by atoms with Crippen molar-refractivity contribution in [2.45, 2.75) is 43.9 Å². The van der Waals surface area contributed by atoms with Crippen LogP contribution in [0, 0.1) is 0 Å². The van der Waals surface area contributed by atoms with Gasteiger partial charge in [0.05, 0.1) is 22.5 Å². The van der Waals surface area contributed by atoms with E-state index in [1.165, 1.54) is 106 Å². The highest BCUT2D eigenvalue weighted by atomic mass is 15.2. The van der Waals surface area contributed by atoms with Gasteiger partial charge in [0.1, 0.15) is 0 Å². The molecule has 3 aliphatic carbocycles. The maximum Gasteiger partial charge on any atom is 0.0727 e. The molecular formula is C67H50N2. The van der Waals surface area contributed by atoms with Crippen LogP contribution in [0.5, 0.6) is 0 Å². The van der Waals surface area contributed by atoms with Crippen LogP contribution >= 0.6 is 0 Å². The monoisotopic (exact) mass is 882 g/mol. The van der Waals surface area contributed by atoms with Crippen molar-refractivity contribution in [2.75, 3.05) is 9.80 Å². The molecule has 10 aromatic carbocycles. The average molecular weight is 883 g/mol. The van der Waals surface area contributed by atoms with Crippen molar-refractivity contribution in [3.8, 4) is 44.5 Å². The molecule has 69 heavy (non-hydrogen) atoms. The van der Waals surface area contributed by atoms with E-state index in [-0.39, 0.29) is 10.8 Å². The number of anilines is 6. The van der Waals surface area contributed by atoms with Crippen molar-refractivity contribution in [3.05, 3.63) is 275 Å².